The van der Waals surface area contributed by atoms with Gasteiger partial charge in [-0.2, -0.15) is 0 Å². The fourth-order valence-electron chi connectivity index (χ4n) is 1.11. The highest BCUT2D eigenvalue weighted by atomic mass is 19.1. The number of halogens is 1. The van der Waals surface area contributed by atoms with E-state index >= 15 is 0 Å². The molecule has 0 atom stereocenters. The molecule has 0 radical (unpaired) electrons. The van der Waals surface area contributed by atoms with E-state index in [1.165, 1.54) is 12.1 Å². The van der Waals surface area contributed by atoms with E-state index in [1.807, 2.05) is 13.0 Å². The summed E-state index contributed by atoms with van der Waals surface area (Å²) in [5.41, 5.74) is 2.12. The van der Waals surface area contributed by atoms with Crippen LogP contribution < -0.4 is 0 Å². The van der Waals surface area contributed by atoms with Gasteiger partial charge < -0.3 is 4.74 Å². The number of benzene rings is 1. The number of rotatable bonds is 3. The second kappa shape index (κ2) is 4.77. The molecule has 0 unspecified atom stereocenters. The van der Waals surface area contributed by atoms with Crippen LogP contribution in [0.15, 0.2) is 29.8 Å². The van der Waals surface area contributed by atoms with E-state index in [9.17, 15) is 4.39 Å². The number of hydrogen-bond donors (Lipinski definition) is 0. The number of ether oxygens (including phenoxy) is 1. The van der Waals surface area contributed by atoms with Crippen molar-refractivity contribution >= 4 is 6.08 Å². The summed E-state index contributed by atoms with van der Waals surface area (Å²) in [4.78, 5) is 0. The van der Waals surface area contributed by atoms with Crippen LogP contribution in [0.5, 0.6) is 0 Å². The fraction of sp³-hybridized carbons (Fsp3) is 0.273. The van der Waals surface area contributed by atoms with Gasteiger partial charge in [0.05, 0.1) is 6.61 Å². The maximum absolute atomic E-state index is 12.5. The lowest BCUT2D eigenvalue weighted by molar-refractivity contribution is 0.226. The lowest BCUT2D eigenvalue weighted by Crippen LogP contribution is -1.89. The topological polar surface area (TPSA) is 9.23 Å². The van der Waals surface area contributed by atoms with Crippen LogP contribution in [0.1, 0.15) is 12.5 Å². The smallest absolute Gasteiger partial charge is 0.123 e. The van der Waals surface area contributed by atoms with Crippen molar-refractivity contribution in [3.05, 3.63) is 41.2 Å². The van der Waals surface area contributed by atoms with Crippen molar-refractivity contribution in [1.82, 2.24) is 0 Å². The second-order valence-electron chi connectivity index (χ2n) is 2.98. The van der Waals surface area contributed by atoms with Crippen molar-refractivity contribution in [3.8, 4) is 0 Å². The Labute approximate surface area is 77.8 Å². The minimum absolute atomic E-state index is 0.207. The molecule has 0 saturated carbocycles. The fourth-order valence-corrected chi connectivity index (χ4v) is 1.11. The first-order valence-corrected chi connectivity index (χ1v) is 4.14. The molecule has 70 valence electrons. The van der Waals surface area contributed by atoms with Crippen LogP contribution in [0.4, 0.5) is 4.39 Å². The minimum atomic E-state index is -0.207. The zero-order valence-corrected chi connectivity index (χ0v) is 7.88. The Balaban J connectivity index is 2.73. The normalized spacial score (nSPS) is 11.8. The molecule has 1 aromatic rings. The molecule has 2 heteroatoms. The molecule has 1 aromatic carbocycles. The maximum Gasteiger partial charge on any atom is 0.123 e. The van der Waals surface area contributed by atoms with Gasteiger partial charge in [-0.15, -0.1) is 0 Å². The maximum atomic E-state index is 12.5. The van der Waals surface area contributed by atoms with E-state index in [1.54, 1.807) is 19.2 Å². The molecule has 0 heterocycles. The van der Waals surface area contributed by atoms with Crippen LogP contribution in [0.2, 0.25) is 0 Å². The predicted octanol–water partition coefficient (Wildman–Crippen LogP) is 2.88. The summed E-state index contributed by atoms with van der Waals surface area (Å²) in [5, 5.41) is 0. The van der Waals surface area contributed by atoms with Crippen molar-refractivity contribution in [1.29, 1.82) is 0 Å². The molecule has 0 N–H and O–H groups in total. The Morgan fingerprint density at radius 2 is 2.00 bits per heavy atom. The summed E-state index contributed by atoms with van der Waals surface area (Å²) in [6.07, 6.45) is 1.98. The summed E-state index contributed by atoms with van der Waals surface area (Å²) in [6.45, 7) is 2.59. The predicted molar refractivity (Wildman–Crippen MR) is 51.9 cm³/mol. The van der Waals surface area contributed by atoms with Crippen molar-refractivity contribution in [2.75, 3.05) is 13.7 Å². The molecule has 0 spiro atoms. The van der Waals surface area contributed by atoms with Crippen molar-refractivity contribution in [3.63, 3.8) is 0 Å². The van der Waals surface area contributed by atoms with E-state index in [4.69, 9.17) is 4.74 Å². The Hall–Kier alpha value is -1.15. The van der Waals surface area contributed by atoms with Gasteiger partial charge in [-0.05, 0) is 30.2 Å². The van der Waals surface area contributed by atoms with Gasteiger partial charge in [-0.25, -0.2) is 4.39 Å². The lowest BCUT2D eigenvalue weighted by Gasteiger charge is -1.99. The molecular weight excluding hydrogens is 167 g/mol. The third-order valence-corrected chi connectivity index (χ3v) is 1.66. The van der Waals surface area contributed by atoms with Gasteiger partial charge in [0, 0.05) is 7.11 Å². The van der Waals surface area contributed by atoms with Gasteiger partial charge in [0.1, 0.15) is 5.82 Å². The van der Waals surface area contributed by atoms with Crippen molar-refractivity contribution < 1.29 is 9.13 Å². The Bertz CT molecular complexity index is 287. The van der Waals surface area contributed by atoms with Gasteiger partial charge in [-0.1, -0.05) is 18.2 Å². The second-order valence-corrected chi connectivity index (χ2v) is 2.98. The van der Waals surface area contributed by atoms with Gasteiger partial charge in [0.2, 0.25) is 0 Å². The minimum Gasteiger partial charge on any atom is -0.380 e. The summed E-state index contributed by atoms with van der Waals surface area (Å²) in [5.74, 6) is -0.207. The largest absolute Gasteiger partial charge is 0.380 e. The number of hydrogen-bond acceptors (Lipinski definition) is 1. The van der Waals surface area contributed by atoms with E-state index in [-0.39, 0.29) is 5.82 Å². The van der Waals surface area contributed by atoms with Gasteiger partial charge in [-0.3, -0.25) is 0 Å². The van der Waals surface area contributed by atoms with E-state index in [0.717, 1.165) is 11.1 Å². The summed E-state index contributed by atoms with van der Waals surface area (Å²) >= 11 is 0. The molecule has 0 amide bonds. The van der Waals surface area contributed by atoms with Crippen molar-refractivity contribution in [2.24, 2.45) is 0 Å². The number of methoxy groups -OCH3 is 1. The molecular formula is C11H13FO. The highest BCUT2D eigenvalue weighted by Gasteiger charge is 1.91. The molecule has 0 bridgehead atoms. The zero-order valence-electron chi connectivity index (χ0n) is 7.88. The first-order valence-electron chi connectivity index (χ1n) is 4.14. The molecule has 1 nitrogen and oxygen atoms in total. The standard InChI is InChI=1S/C11H13FO/c1-9(8-13-2)7-10-3-5-11(12)6-4-10/h3-7H,8H2,1-2H3/b9-7-. The monoisotopic (exact) mass is 180 g/mol. The molecule has 0 aliphatic rings. The Morgan fingerprint density at radius 1 is 1.38 bits per heavy atom. The Morgan fingerprint density at radius 3 is 2.54 bits per heavy atom. The summed E-state index contributed by atoms with van der Waals surface area (Å²) in [6, 6.07) is 6.39. The van der Waals surface area contributed by atoms with E-state index in [0.29, 0.717) is 6.61 Å². The molecule has 0 aromatic heterocycles. The average Bonchev–Trinajstić information content (AvgIpc) is 2.09. The van der Waals surface area contributed by atoms with Crippen LogP contribution in [-0.4, -0.2) is 13.7 Å². The van der Waals surface area contributed by atoms with Gasteiger partial charge >= 0.3 is 0 Å². The van der Waals surface area contributed by atoms with Gasteiger partial charge in [0.25, 0.3) is 0 Å². The van der Waals surface area contributed by atoms with Crippen LogP contribution in [-0.2, 0) is 4.74 Å². The molecule has 0 saturated heterocycles. The highest BCUT2D eigenvalue weighted by molar-refractivity contribution is 5.52. The zero-order chi connectivity index (χ0) is 9.68. The molecule has 0 fully saturated rings. The quantitative estimate of drug-likeness (QED) is 0.695. The molecule has 0 aliphatic heterocycles. The molecule has 13 heavy (non-hydrogen) atoms. The lowest BCUT2D eigenvalue weighted by atomic mass is 10.1. The first-order chi connectivity index (χ1) is 6.22. The average molecular weight is 180 g/mol. The third-order valence-electron chi connectivity index (χ3n) is 1.66. The van der Waals surface area contributed by atoms with Crippen LogP contribution >= 0.6 is 0 Å². The van der Waals surface area contributed by atoms with Crippen LogP contribution in [0.25, 0.3) is 6.08 Å². The van der Waals surface area contributed by atoms with Gasteiger partial charge in [0.15, 0.2) is 0 Å². The van der Waals surface area contributed by atoms with E-state index in [2.05, 4.69) is 0 Å². The molecule has 0 aliphatic carbocycles. The van der Waals surface area contributed by atoms with E-state index < -0.39 is 0 Å². The van der Waals surface area contributed by atoms with Crippen LogP contribution in [0, 0.1) is 5.82 Å². The summed E-state index contributed by atoms with van der Waals surface area (Å²) in [7, 11) is 1.65. The van der Waals surface area contributed by atoms with Crippen molar-refractivity contribution in [2.45, 2.75) is 6.92 Å². The summed E-state index contributed by atoms with van der Waals surface area (Å²) < 4.78 is 17.5. The Kier molecular flexibility index (Phi) is 3.65. The SMILES string of the molecule is COC/C(C)=C\c1ccc(F)cc1. The first kappa shape index (κ1) is 9.93. The highest BCUT2D eigenvalue weighted by Crippen LogP contribution is 2.07. The molecule has 1 rings (SSSR count). The van der Waals surface area contributed by atoms with Crippen LogP contribution in [0.3, 0.4) is 0 Å². The third kappa shape index (κ3) is 3.38.